The van der Waals surface area contributed by atoms with Crippen LogP contribution in [0.5, 0.6) is 0 Å². The van der Waals surface area contributed by atoms with Crippen molar-refractivity contribution in [3.8, 4) is 0 Å². The smallest absolute Gasteiger partial charge is 0.227 e. The van der Waals surface area contributed by atoms with Crippen molar-refractivity contribution in [1.29, 1.82) is 0 Å². The van der Waals surface area contributed by atoms with Crippen molar-refractivity contribution in [3.05, 3.63) is 29.8 Å². The van der Waals surface area contributed by atoms with E-state index >= 15 is 0 Å². The number of likely N-dealkylation sites (tertiary alicyclic amines) is 1. The maximum atomic E-state index is 12.1. The molecule has 0 radical (unpaired) electrons. The second kappa shape index (κ2) is 6.10. The average molecular weight is 269 g/mol. The zero-order valence-corrected chi connectivity index (χ0v) is 11.7. The fourth-order valence-corrected chi connectivity index (χ4v) is 2.26. The number of benzene rings is 1. The fraction of sp³-hybridized carbons (Fsp3) is 0.500. The van der Waals surface area contributed by atoms with Crippen LogP contribution in [0.25, 0.3) is 0 Å². The van der Waals surface area contributed by atoms with Gasteiger partial charge in [0.15, 0.2) is 0 Å². The van der Waals surface area contributed by atoms with Crippen LogP contribution in [0.2, 0.25) is 0 Å². The summed E-state index contributed by atoms with van der Waals surface area (Å²) in [5, 5.41) is 0. The normalized spacial score (nSPS) is 22.7. The molecule has 4 heteroatoms. The SMILES string of the molecule is CC1CN(C(=O)Cc2ccc(N)cc2)CC1C.Cl. The Morgan fingerprint density at radius 1 is 1.22 bits per heavy atom. The Bertz CT molecular complexity index is 395. The van der Waals surface area contributed by atoms with E-state index in [2.05, 4.69) is 13.8 Å². The number of carbonyl (C=O) groups excluding carboxylic acids is 1. The second-order valence-corrected chi connectivity index (χ2v) is 5.17. The predicted molar refractivity (Wildman–Crippen MR) is 76.7 cm³/mol. The van der Waals surface area contributed by atoms with Gasteiger partial charge in [0.05, 0.1) is 6.42 Å². The molecule has 18 heavy (non-hydrogen) atoms. The number of anilines is 1. The molecular formula is C14H21ClN2O. The molecule has 1 aromatic rings. The predicted octanol–water partition coefficient (Wildman–Crippen LogP) is 2.35. The third kappa shape index (κ3) is 3.39. The van der Waals surface area contributed by atoms with Gasteiger partial charge in [-0.25, -0.2) is 0 Å². The summed E-state index contributed by atoms with van der Waals surface area (Å²) in [6.07, 6.45) is 0.486. The Morgan fingerprint density at radius 3 is 2.22 bits per heavy atom. The summed E-state index contributed by atoms with van der Waals surface area (Å²) in [6, 6.07) is 7.54. The Labute approximate surface area is 115 Å². The van der Waals surface area contributed by atoms with E-state index < -0.39 is 0 Å². The Hall–Kier alpha value is -1.22. The molecule has 1 saturated heterocycles. The van der Waals surface area contributed by atoms with Crippen molar-refractivity contribution in [2.24, 2.45) is 11.8 Å². The van der Waals surface area contributed by atoms with Crippen LogP contribution in [0, 0.1) is 11.8 Å². The summed E-state index contributed by atoms with van der Waals surface area (Å²) in [7, 11) is 0. The zero-order chi connectivity index (χ0) is 12.4. The largest absolute Gasteiger partial charge is 0.399 e. The number of rotatable bonds is 2. The first-order valence-corrected chi connectivity index (χ1v) is 6.18. The number of carbonyl (C=O) groups is 1. The molecule has 100 valence electrons. The second-order valence-electron chi connectivity index (χ2n) is 5.17. The Kier molecular flexibility index (Phi) is 5.03. The molecule has 0 aliphatic carbocycles. The molecule has 2 rings (SSSR count). The molecular weight excluding hydrogens is 248 g/mol. The van der Waals surface area contributed by atoms with Crippen LogP contribution in [0.4, 0.5) is 5.69 Å². The van der Waals surface area contributed by atoms with E-state index in [0.29, 0.717) is 18.3 Å². The van der Waals surface area contributed by atoms with E-state index in [9.17, 15) is 4.79 Å². The van der Waals surface area contributed by atoms with Gasteiger partial charge in [0.1, 0.15) is 0 Å². The summed E-state index contributed by atoms with van der Waals surface area (Å²) in [5.41, 5.74) is 7.40. The van der Waals surface area contributed by atoms with Crippen molar-refractivity contribution >= 4 is 24.0 Å². The summed E-state index contributed by atoms with van der Waals surface area (Å²) in [4.78, 5) is 14.1. The monoisotopic (exact) mass is 268 g/mol. The summed E-state index contributed by atoms with van der Waals surface area (Å²) in [6.45, 7) is 6.21. The number of nitrogen functional groups attached to an aromatic ring is 1. The molecule has 2 N–H and O–H groups in total. The van der Waals surface area contributed by atoms with Crippen molar-refractivity contribution in [2.75, 3.05) is 18.8 Å². The molecule has 2 unspecified atom stereocenters. The topological polar surface area (TPSA) is 46.3 Å². The number of nitrogens with zero attached hydrogens (tertiary/aromatic N) is 1. The quantitative estimate of drug-likeness (QED) is 0.837. The summed E-state index contributed by atoms with van der Waals surface area (Å²) < 4.78 is 0. The van der Waals surface area contributed by atoms with E-state index in [-0.39, 0.29) is 18.3 Å². The lowest BCUT2D eigenvalue weighted by molar-refractivity contribution is -0.129. The van der Waals surface area contributed by atoms with Crippen LogP contribution in [0.15, 0.2) is 24.3 Å². The summed E-state index contributed by atoms with van der Waals surface area (Å²) >= 11 is 0. The van der Waals surface area contributed by atoms with Crippen molar-refractivity contribution < 1.29 is 4.79 Å². The minimum Gasteiger partial charge on any atom is -0.399 e. The molecule has 0 saturated carbocycles. The number of hydrogen-bond acceptors (Lipinski definition) is 2. The molecule has 2 atom stereocenters. The molecule has 1 aliphatic rings. The first-order chi connectivity index (χ1) is 8.06. The standard InChI is InChI=1S/C14H20N2O.ClH/c1-10-8-16(9-11(10)2)14(17)7-12-3-5-13(15)6-4-12;/h3-6,10-11H,7-9,15H2,1-2H3;1H. The van der Waals surface area contributed by atoms with Crippen molar-refractivity contribution in [1.82, 2.24) is 4.90 Å². The molecule has 1 heterocycles. The van der Waals surface area contributed by atoms with Gasteiger partial charge in [-0.1, -0.05) is 26.0 Å². The van der Waals surface area contributed by atoms with Crippen LogP contribution in [0.3, 0.4) is 0 Å². The molecule has 1 fully saturated rings. The van der Waals surface area contributed by atoms with Gasteiger partial charge in [-0.05, 0) is 29.5 Å². The van der Waals surface area contributed by atoms with Gasteiger partial charge in [-0.3, -0.25) is 4.79 Å². The van der Waals surface area contributed by atoms with Crippen molar-refractivity contribution in [3.63, 3.8) is 0 Å². The van der Waals surface area contributed by atoms with Crippen LogP contribution < -0.4 is 5.73 Å². The highest BCUT2D eigenvalue weighted by Crippen LogP contribution is 2.22. The Balaban J connectivity index is 0.00000162. The molecule has 3 nitrogen and oxygen atoms in total. The van der Waals surface area contributed by atoms with Crippen LogP contribution >= 0.6 is 12.4 Å². The van der Waals surface area contributed by atoms with Crippen LogP contribution in [-0.2, 0) is 11.2 Å². The van der Waals surface area contributed by atoms with Gasteiger partial charge in [0.25, 0.3) is 0 Å². The first kappa shape index (κ1) is 14.8. The lowest BCUT2D eigenvalue weighted by Crippen LogP contribution is -2.30. The van der Waals surface area contributed by atoms with Gasteiger partial charge in [-0.15, -0.1) is 12.4 Å². The maximum absolute atomic E-state index is 12.1. The number of amides is 1. The number of hydrogen-bond donors (Lipinski definition) is 1. The van der Waals surface area contributed by atoms with E-state index in [1.807, 2.05) is 29.2 Å². The third-order valence-corrected chi connectivity index (χ3v) is 3.68. The molecule has 1 amide bonds. The third-order valence-electron chi connectivity index (χ3n) is 3.68. The van der Waals surface area contributed by atoms with E-state index in [4.69, 9.17) is 5.73 Å². The number of nitrogens with two attached hydrogens (primary N) is 1. The Morgan fingerprint density at radius 2 is 1.72 bits per heavy atom. The minimum absolute atomic E-state index is 0. The van der Waals surface area contributed by atoms with Crippen molar-refractivity contribution in [2.45, 2.75) is 20.3 Å². The first-order valence-electron chi connectivity index (χ1n) is 6.18. The maximum Gasteiger partial charge on any atom is 0.227 e. The highest BCUT2D eigenvalue weighted by Gasteiger charge is 2.28. The molecule has 0 spiro atoms. The molecule has 1 aliphatic heterocycles. The molecule has 0 bridgehead atoms. The van der Waals surface area contributed by atoms with Gasteiger partial charge >= 0.3 is 0 Å². The average Bonchev–Trinajstić information content (AvgIpc) is 2.63. The van der Waals surface area contributed by atoms with Gasteiger partial charge in [-0.2, -0.15) is 0 Å². The van der Waals surface area contributed by atoms with Gasteiger partial charge < -0.3 is 10.6 Å². The van der Waals surface area contributed by atoms with E-state index in [1.54, 1.807) is 0 Å². The minimum atomic E-state index is 0. The van der Waals surface area contributed by atoms with E-state index in [1.165, 1.54) is 0 Å². The van der Waals surface area contributed by atoms with Crippen LogP contribution in [0.1, 0.15) is 19.4 Å². The number of halogens is 1. The summed E-state index contributed by atoms with van der Waals surface area (Å²) in [5.74, 6) is 1.46. The van der Waals surface area contributed by atoms with E-state index in [0.717, 1.165) is 24.3 Å². The lowest BCUT2D eigenvalue weighted by Gasteiger charge is -2.16. The van der Waals surface area contributed by atoms with Crippen LogP contribution in [-0.4, -0.2) is 23.9 Å². The van der Waals surface area contributed by atoms with Gasteiger partial charge in [0.2, 0.25) is 5.91 Å². The van der Waals surface area contributed by atoms with Gasteiger partial charge in [0, 0.05) is 18.8 Å². The fourth-order valence-electron chi connectivity index (χ4n) is 2.26. The highest BCUT2D eigenvalue weighted by molar-refractivity contribution is 5.85. The molecule has 0 aromatic heterocycles. The lowest BCUT2D eigenvalue weighted by atomic mass is 10.0. The molecule has 1 aromatic carbocycles. The highest BCUT2D eigenvalue weighted by atomic mass is 35.5. The zero-order valence-electron chi connectivity index (χ0n) is 10.9.